The zero-order chi connectivity index (χ0) is 17.8. The fourth-order valence-electron chi connectivity index (χ4n) is 1.76. The second-order valence-corrected chi connectivity index (χ2v) is 11.7. The summed E-state index contributed by atoms with van der Waals surface area (Å²) in [7, 11) is -0.593. The van der Waals surface area contributed by atoms with E-state index in [1.54, 1.807) is 19.1 Å². The third-order valence-electron chi connectivity index (χ3n) is 4.30. The first-order chi connectivity index (χ1) is 10.5. The van der Waals surface area contributed by atoms with Crippen LogP contribution in [-0.4, -0.2) is 21.4 Å². The maximum atomic E-state index is 11.6. The summed E-state index contributed by atoms with van der Waals surface area (Å²) in [6, 6.07) is 9.36. The third-order valence-corrected chi connectivity index (χ3v) is 8.66. The van der Waals surface area contributed by atoms with Crippen molar-refractivity contribution in [3.8, 4) is 11.8 Å². The van der Waals surface area contributed by atoms with Crippen LogP contribution in [0.5, 0.6) is 5.75 Å². The molecule has 1 rings (SSSR count). The molecule has 1 aromatic carbocycles. The Balaban J connectivity index is 3.10. The molecule has 5 heteroatoms. The Morgan fingerprint density at radius 1 is 1.17 bits per heavy atom. The smallest absolute Gasteiger partial charge is 0.334 e. The van der Waals surface area contributed by atoms with Crippen molar-refractivity contribution in [2.45, 2.75) is 45.8 Å². The largest absolute Gasteiger partial charge is 0.544 e. The number of hydrogen-bond acceptors (Lipinski definition) is 4. The Kier molecular flexibility index (Phi) is 5.79. The molecule has 4 nitrogen and oxygen atoms in total. The molecule has 0 aliphatic carbocycles. The third kappa shape index (κ3) is 4.46. The van der Waals surface area contributed by atoms with Crippen LogP contribution >= 0.6 is 0 Å². The number of nitrogens with zero attached hydrogens (tertiary/aromatic N) is 1. The molecule has 0 unspecified atom stereocenters. The van der Waals surface area contributed by atoms with Crippen LogP contribution in [0.4, 0.5) is 0 Å². The van der Waals surface area contributed by atoms with Gasteiger partial charge < -0.3 is 9.16 Å². The molecular weight excluding hydrogens is 306 g/mol. The number of esters is 1. The summed E-state index contributed by atoms with van der Waals surface area (Å²) in [5.74, 6) is 0.288. The van der Waals surface area contributed by atoms with Gasteiger partial charge in [0.1, 0.15) is 11.8 Å². The minimum atomic E-state index is -1.90. The summed E-state index contributed by atoms with van der Waals surface area (Å²) >= 11 is 0. The zero-order valence-corrected chi connectivity index (χ0v) is 16.0. The predicted molar refractivity (Wildman–Crippen MR) is 94.5 cm³/mol. The summed E-state index contributed by atoms with van der Waals surface area (Å²) in [4.78, 5) is 11.6. The number of hydrogen-bond donors (Lipinski definition) is 0. The average Bonchev–Trinajstić information content (AvgIpc) is 2.47. The van der Waals surface area contributed by atoms with Crippen LogP contribution in [0.3, 0.4) is 0 Å². The highest BCUT2D eigenvalue weighted by atomic mass is 28.4. The summed E-state index contributed by atoms with van der Waals surface area (Å²) in [6.07, 6.45) is 0. The topological polar surface area (TPSA) is 59.3 Å². The Bertz CT molecular complexity index is 646. The zero-order valence-electron chi connectivity index (χ0n) is 15.0. The molecule has 0 aromatic heterocycles. The molecule has 0 N–H and O–H groups in total. The Hall–Kier alpha value is -2.06. The van der Waals surface area contributed by atoms with Crippen molar-refractivity contribution in [1.29, 1.82) is 5.26 Å². The van der Waals surface area contributed by atoms with Gasteiger partial charge in [0.2, 0.25) is 8.32 Å². The number of nitriles is 1. The van der Waals surface area contributed by atoms with Crippen molar-refractivity contribution in [2.75, 3.05) is 7.11 Å². The molecule has 0 aliphatic heterocycles. The van der Waals surface area contributed by atoms with Crippen molar-refractivity contribution in [1.82, 2.24) is 0 Å². The standard InChI is InChI=1S/C18H25NO3Si/c1-13(17(20)21-5)16(12-19)14-8-10-15(11-9-14)22-23(6,7)18(2,3)4/h8-11H,1-7H3/b16-13-. The SMILES string of the molecule is COC(=O)/C(C)=C(/C#N)c1ccc(O[Si](C)(C)C(C)(C)C)cc1. The molecule has 0 aliphatic rings. The van der Waals surface area contributed by atoms with Crippen molar-refractivity contribution in [3.63, 3.8) is 0 Å². The van der Waals surface area contributed by atoms with E-state index in [1.807, 2.05) is 12.1 Å². The van der Waals surface area contributed by atoms with Gasteiger partial charge >= 0.3 is 5.97 Å². The number of ether oxygens (including phenoxy) is 1. The molecule has 0 saturated heterocycles. The highest BCUT2D eigenvalue weighted by molar-refractivity contribution is 6.74. The van der Waals surface area contributed by atoms with E-state index in [0.29, 0.717) is 16.7 Å². The quantitative estimate of drug-likeness (QED) is 0.352. The van der Waals surface area contributed by atoms with Crippen molar-refractivity contribution >= 4 is 19.9 Å². The first-order valence-corrected chi connectivity index (χ1v) is 10.4. The van der Waals surface area contributed by atoms with E-state index >= 15 is 0 Å². The first-order valence-electron chi connectivity index (χ1n) is 7.52. The van der Waals surface area contributed by atoms with Crippen LogP contribution in [0.2, 0.25) is 18.1 Å². The normalized spacial score (nSPS) is 13.0. The molecule has 0 heterocycles. The van der Waals surface area contributed by atoms with Crippen LogP contribution in [0.15, 0.2) is 29.8 Å². The minimum Gasteiger partial charge on any atom is -0.544 e. The van der Waals surface area contributed by atoms with Gasteiger partial charge in [0.05, 0.1) is 18.3 Å². The van der Waals surface area contributed by atoms with Crippen molar-refractivity contribution in [3.05, 3.63) is 35.4 Å². The number of benzene rings is 1. The number of allylic oxidation sites excluding steroid dienone is 1. The number of carbonyl (C=O) groups is 1. The van der Waals surface area contributed by atoms with E-state index in [4.69, 9.17) is 4.43 Å². The minimum absolute atomic E-state index is 0.116. The summed E-state index contributed by atoms with van der Waals surface area (Å²) in [5.41, 5.74) is 1.29. The molecule has 0 atom stereocenters. The van der Waals surface area contributed by atoms with Gasteiger partial charge in [0.25, 0.3) is 0 Å². The monoisotopic (exact) mass is 331 g/mol. The summed E-state index contributed by atoms with van der Waals surface area (Å²) in [6.45, 7) is 12.5. The Morgan fingerprint density at radius 2 is 1.70 bits per heavy atom. The van der Waals surface area contributed by atoms with Crippen molar-refractivity contribution in [2.24, 2.45) is 0 Å². The van der Waals surface area contributed by atoms with Gasteiger partial charge in [-0.25, -0.2) is 4.79 Å². The lowest BCUT2D eigenvalue weighted by atomic mass is 10.0. The van der Waals surface area contributed by atoms with Gasteiger partial charge in [-0.3, -0.25) is 0 Å². The van der Waals surface area contributed by atoms with Crippen LogP contribution in [-0.2, 0) is 9.53 Å². The second-order valence-electron chi connectivity index (χ2n) is 6.99. The maximum absolute atomic E-state index is 11.6. The van der Waals surface area contributed by atoms with Crippen LogP contribution < -0.4 is 4.43 Å². The van der Waals surface area contributed by atoms with Gasteiger partial charge in [-0.15, -0.1) is 0 Å². The summed E-state index contributed by atoms with van der Waals surface area (Å²) < 4.78 is 10.9. The molecule has 0 radical (unpaired) electrons. The van der Waals surface area contributed by atoms with Crippen LogP contribution in [0.25, 0.3) is 5.57 Å². The molecule has 0 saturated carbocycles. The molecule has 23 heavy (non-hydrogen) atoms. The average molecular weight is 331 g/mol. The fourth-order valence-corrected chi connectivity index (χ4v) is 2.79. The lowest BCUT2D eigenvalue weighted by molar-refractivity contribution is -0.135. The van der Waals surface area contributed by atoms with E-state index in [9.17, 15) is 10.1 Å². The lowest BCUT2D eigenvalue weighted by Gasteiger charge is -2.36. The molecule has 0 spiro atoms. The lowest BCUT2D eigenvalue weighted by Crippen LogP contribution is -2.43. The predicted octanol–water partition coefficient (Wildman–Crippen LogP) is 4.54. The molecular formula is C18H25NO3Si. The van der Waals surface area contributed by atoms with E-state index in [0.717, 1.165) is 5.75 Å². The van der Waals surface area contributed by atoms with Crippen LogP contribution in [0, 0.1) is 11.3 Å². The van der Waals surface area contributed by atoms with Crippen molar-refractivity contribution < 1.29 is 14.0 Å². The molecule has 124 valence electrons. The molecule has 0 bridgehead atoms. The van der Waals surface area contributed by atoms with Crippen LogP contribution in [0.1, 0.15) is 33.3 Å². The van der Waals surface area contributed by atoms with E-state index in [1.165, 1.54) is 7.11 Å². The van der Waals surface area contributed by atoms with Gasteiger partial charge in [-0.05, 0) is 42.8 Å². The molecule has 0 fully saturated rings. The first kappa shape index (κ1) is 19.0. The van der Waals surface area contributed by atoms with Gasteiger partial charge in [0.15, 0.2) is 0 Å². The Morgan fingerprint density at radius 3 is 2.09 bits per heavy atom. The Labute approximate surface area is 139 Å². The summed E-state index contributed by atoms with van der Waals surface area (Å²) in [5, 5.41) is 9.43. The van der Waals surface area contributed by atoms with E-state index in [-0.39, 0.29) is 5.04 Å². The van der Waals surface area contributed by atoms with E-state index < -0.39 is 14.3 Å². The number of carbonyl (C=O) groups excluding carboxylic acids is 1. The molecule has 0 amide bonds. The second kappa shape index (κ2) is 7.01. The highest BCUT2D eigenvalue weighted by Gasteiger charge is 2.38. The van der Waals surface area contributed by atoms with Gasteiger partial charge in [-0.2, -0.15) is 5.26 Å². The van der Waals surface area contributed by atoms with Gasteiger partial charge in [-0.1, -0.05) is 32.9 Å². The number of methoxy groups -OCH3 is 1. The van der Waals surface area contributed by atoms with E-state index in [2.05, 4.69) is 44.7 Å². The highest BCUT2D eigenvalue weighted by Crippen LogP contribution is 2.37. The number of rotatable bonds is 4. The van der Waals surface area contributed by atoms with Gasteiger partial charge in [0, 0.05) is 0 Å². The maximum Gasteiger partial charge on any atom is 0.334 e. The fraction of sp³-hybridized carbons (Fsp3) is 0.444. The molecule has 1 aromatic rings.